The van der Waals surface area contributed by atoms with Gasteiger partial charge < -0.3 is 15.0 Å². The molecule has 2 aromatic carbocycles. The van der Waals surface area contributed by atoms with E-state index in [2.05, 4.69) is 15.2 Å². The number of aromatic nitrogens is 1. The number of rotatable bonds is 4. The van der Waals surface area contributed by atoms with Gasteiger partial charge >= 0.3 is 0 Å². The van der Waals surface area contributed by atoms with Gasteiger partial charge in [-0.3, -0.25) is 4.79 Å². The Kier molecular flexibility index (Phi) is 5.18. The lowest BCUT2D eigenvalue weighted by molar-refractivity contribution is 0.102. The predicted molar refractivity (Wildman–Crippen MR) is 110 cm³/mol. The first kappa shape index (κ1) is 17.7. The molecule has 4 rings (SSSR count). The summed E-state index contributed by atoms with van der Waals surface area (Å²) in [6, 6.07) is 15.5. The lowest BCUT2D eigenvalue weighted by Crippen LogP contribution is -2.36. The third-order valence-electron chi connectivity index (χ3n) is 4.58. The van der Waals surface area contributed by atoms with Crippen molar-refractivity contribution in [3.63, 3.8) is 0 Å². The quantitative estimate of drug-likeness (QED) is 0.738. The first-order chi connectivity index (χ1) is 13.2. The highest BCUT2D eigenvalue weighted by Gasteiger charge is 2.14. The summed E-state index contributed by atoms with van der Waals surface area (Å²) in [7, 11) is 0. The van der Waals surface area contributed by atoms with Gasteiger partial charge in [-0.05, 0) is 37.3 Å². The van der Waals surface area contributed by atoms with Gasteiger partial charge in [0.25, 0.3) is 5.91 Å². The molecule has 1 aliphatic heterocycles. The number of carbonyl (C=O) groups is 1. The van der Waals surface area contributed by atoms with Gasteiger partial charge in [-0.25, -0.2) is 4.98 Å². The van der Waals surface area contributed by atoms with Gasteiger partial charge in [-0.1, -0.05) is 18.2 Å². The van der Waals surface area contributed by atoms with Gasteiger partial charge in [0.05, 0.1) is 29.6 Å². The first-order valence-corrected chi connectivity index (χ1v) is 9.84. The van der Waals surface area contributed by atoms with Gasteiger partial charge in [0.15, 0.2) is 0 Å². The van der Waals surface area contributed by atoms with Gasteiger partial charge in [0.2, 0.25) is 0 Å². The molecule has 0 atom stereocenters. The minimum absolute atomic E-state index is 0.122. The molecule has 138 valence electrons. The molecule has 1 fully saturated rings. The van der Waals surface area contributed by atoms with Crippen LogP contribution in [0.1, 0.15) is 15.4 Å². The summed E-state index contributed by atoms with van der Waals surface area (Å²) in [5.74, 6) is -0.122. The minimum atomic E-state index is -0.122. The summed E-state index contributed by atoms with van der Waals surface area (Å²) >= 11 is 1.60. The number of hydrogen-bond donors (Lipinski definition) is 1. The molecule has 1 aromatic heterocycles. The summed E-state index contributed by atoms with van der Waals surface area (Å²) < 4.78 is 5.39. The summed E-state index contributed by atoms with van der Waals surface area (Å²) in [4.78, 5) is 19.5. The van der Waals surface area contributed by atoms with Crippen molar-refractivity contribution in [2.45, 2.75) is 6.92 Å². The molecule has 0 aliphatic carbocycles. The normalized spacial score (nSPS) is 14.2. The third-order valence-corrected chi connectivity index (χ3v) is 5.35. The fraction of sp³-hybridized carbons (Fsp3) is 0.238. The number of para-hydroxylation sites is 1. The van der Waals surface area contributed by atoms with E-state index in [4.69, 9.17) is 4.74 Å². The zero-order valence-corrected chi connectivity index (χ0v) is 16.0. The van der Waals surface area contributed by atoms with Crippen LogP contribution in [0.4, 0.5) is 11.4 Å². The van der Waals surface area contributed by atoms with Crippen LogP contribution in [0.25, 0.3) is 11.3 Å². The molecular weight excluding hydrogens is 358 g/mol. The maximum atomic E-state index is 12.7. The zero-order chi connectivity index (χ0) is 18.6. The average molecular weight is 379 g/mol. The van der Waals surface area contributed by atoms with Gasteiger partial charge in [0.1, 0.15) is 0 Å². The molecule has 1 amide bonds. The number of thiazole rings is 1. The largest absolute Gasteiger partial charge is 0.378 e. The fourth-order valence-corrected chi connectivity index (χ4v) is 3.76. The number of anilines is 2. The van der Waals surface area contributed by atoms with Crippen molar-refractivity contribution in [3.05, 3.63) is 64.5 Å². The highest BCUT2D eigenvalue weighted by Crippen LogP contribution is 2.29. The second-order valence-corrected chi connectivity index (χ2v) is 7.46. The molecule has 1 saturated heterocycles. The predicted octanol–water partition coefficient (Wildman–Crippen LogP) is 4.21. The number of ether oxygens (including phenoxy) is 1. The maximum Gasteiger partial charge on any atom is 0.255 e. The van der Waals surface area contributed by atoms with Crippen LogP contribution in [0.3, 0.4) is 0 Å². The molecule has 1 N–H and O–H groups in total. The molecule has 0 spiro atoms. The van der Waals surface area contributed by atoms with E-state index in [1.54, 1.807) is 11.3 Å². The number of aryl methyl sites for hydroxylation is 1. The minimum Gasteiger partial charge on any atom is -0.378 e. The van der Waals surface area contributed by atoms with Crippen LogP contribution in [-0.4, -0.2) is 37.2 Å². The van der Waals surface area contributed by atoms with Gasteiger partial charge in [0, 0.05) is 35.3 Å². The Balaban J connectivity index is 1.51. The van der Waals surface area contributed by atoms with Crippen molar-refractivity contribution < 1.29 is 9.53 Å². The Morgan fingerprint density at radius 3 is 2.56 bits per heavy atom. The van der Waals surface area contributed by atoms with E-state index in [1.807, 2.05) is 60.8 Å². The van der Waals surface area contributed by atoms with E-state index in [1.165, 1.54) is 0 Å². The van der Waals surface area contributed by atoms with Crippen molar-refractivity contribution in [3.8, 4) is 11.3 Å². The van der Waals surface area contributed by atoms with E-state index < -0.39 is 0 Å². The Morgan fingerprint density at radius 2 is 1.85 bits per heavy atom. The average Bonchev–Trinajstić information content (AvgIpc) is 3.15. The lowest BCUT2D eigenvalue weighted by Gasteiger charge is -2.28. The summed E-state index contributed by atoms with van der Waals surface area (Å²) in [6.45, 7) is 5.23. The van der Waals surface area contributed by atoms with Crippen LogP contribution in [0.5, 0.6) is 0 Å². The van der Waals surface area contributed by atoms with Gasteiger partial charge in [-0.2, -0.15) is 0 Å². The van der Waals surface area contributed by atoms with Gasteiger partial charge in [-0.15, -0.1) is 11.3 Å². The monoisotopic (exact) mass is 379 g/mol. The van der Waals surface area contributed by atoms with Crippen molar-refractivity contribution >= 4 is 28.6 Å². The zero-order valence-electron chi connectivity index (χ0n) is 15.1. The third kappa shape index (κ3) is 4.02. The molecule has 5 nitrogen and oxygen atoms in total. The topological polar surface area (TPSA) is 54.5 Å². The number of nitrogens with one attached hydrogen (secondary N) is 1. The number of morpholine rings is 1. The Labute approximate surface area is 162 Å². The standard InChI is InChI=1S/C21H21N3O2S/c1-15-22-20(14-27-15)18-4-2-3-5-19(18)23-21(25)16-6-8-17(9-7-16)24-10-12-26-13-11-24/h2-9,14H,10-13H2,1H3,(H,23,25). The van der Waals surface area contributed by atoms with Crippen molar-refractivity contribution in [2.24, 2.45) is 0 Å². The summed E-state index contributed by atoms with van der Waals surface area (Å²) in [5, 5.41) is 6.04. The fourth-order valence-electron chi connectivity index (χ4n) is 3.14. The number of carbonyl (C=O) groups excluding carboxylic acids is 1. The highest BCUT2D eigenvalue weighted by atomic mass is 32.1. The number of nitrogens with zero attached hydrogens (tertiary/aromatic N) is 2. The molecule has 0 saturated carbocycles. The van der Waals surface area contributed by atoms with E-state index in [9.17, 15) is 4.79 Å². The Hall–Kier alpha value is -2.70. The van der Waals surface area contributed by atoms with E-state index in [-0.39, 0.29) is 5.91 Å². The lowest BCUT2D eigenvalue weighted by atomic mass is 10.1. The molecule has 2 heterocycles. The van der Waals surface area contributed by atoms with Crippen LogP contribution in [0, 0.1) is 6.92 Å². The SMILES string of the molecule is Cc1nc(-c2ccccc2NC(=O)c2ccc(N3CCOCC3)cc2)cs1. The molecule has 1 aliphatic rings. The van der Waals surface area contributed by atoms with Crippen LogP contribution in [0.2, 0.25) is 0 Å². The Bertz CT molecular complexity index is 931. The number of benzene rings is 2. The van der Waals surface area contributed by atoms with Crippen molar-refractivity contribution in [2.75, 3.05) is 36.5 Å². The number of amides is 1. The van der Waals surface area contributed by atoms with Crippen LogP contribution >= 0.6 is 11.3 Å². The van der Waals surface area contributed by atoms with Crippen molar-refractivity contribution in [1.82, 2.24) is 4.98 Å². The van der Waals surface area contributed by atoms with Crippen LogP contribution < -0.4 is 10.2 Å². The molecule has 0 bridgehead atoms. The van der Waals surface area contributed by atoms with E-state index in [0.29, 0.717) is 5.56 Å². The molecule has 27 heavy (non-hydrogen) atoms. The molecule has 0 unspecified atom stereocenters. The maximum absolute atomic E-state index is 12.7. The molecule has 6 heteroatoms. The second-order valence-electron chi connectivity index (χ2n) is 6.40. The summed E-state index contributed by atoms with van der Waals surface area (Å²) in [6.07, 6.45) is 0. The highest BCUT2D eigenvalue weighted by molar-refractivity contribution is 7.09. The summed E-state index contributed by atoms with van der Waals surface area (Å²) in [5.41, 5.74) is 4.34. The molecule has 0 radical (unpaired) electrons. The number of hydrogen-bond acceptors (Lipinski definition) is 5. The van der Waals surface area contributed by atoms with Crippen molar-refractivity contribution in [1.29, 1.82) is 0 Å². The molecule has 3 aromatic rings. The smallest absolute Gasteiger partial charge is 0.255 e. The Morgan fingerprint density at radius 1 is 1.11 bits per heavy atom. The molecular formula is C21H21N3O2S. The van der Waals surface area contributed by atoms with E-state index >= 15 is 0 Å². The van der Waals surface area contributed by atoms with E-state index in [0.717, 1.165) is 53.9 Å². The first-order valence-electron chi connectivity index (χ1n) is 8.96. The van der Waals surface area contributed by atoms with Crippen LogP contribution in [0.15, 0.2) is 53.9 Å². The second kappa shape index (κ2) is 7.90. The van der Waals surface area contributed by atoms with Crippen LogP contribution in [-0.2, 0) is 4.74 Å².